The first-order chi connectivity index (χ1) is 15.7. The number of likely N-dealkylation sites (tertiary alicyclic amines) is 1. The summed E-state index contributed by atoms with van der Waals surface area (Å²) in [7, 11) is 1.55. The van der Waals surface area contributed by atoms with Crippen molar-refractivity contribution < 1.29 is 9.53 Å². The molecule has 3 heterocycles. The fourth-order valence-corrected chi connectivity index (χ4v) is 5.03. The zero-order valence-electron chi connectivity index (χ0n) is 17.8. The Balaban J connectivity index is 1.45. The van der Waals surface area contributed by atoms with Gasteiger partial charge in [-0.3, -0.25) is 9.59 Å². The second-order valence-electron chi connectivity index (χ2n) is 8.23. The maximum Gasteiger partial charge on any atom is 0.252 e. The molecule has 2 aromatic rings. The monoisotopic (exact) mass is 528 g/mol. The van der Waals surface area contributed by atoms with Crippen molar-refractivity contribution in [1.82, 2.24) is 20.1 Å². The van der Waals surface area contributed by atoms with Gasteiger partial charge in [-0.15, -0.1) is 0 Å². The predicted octanol–water partition coefficient (Wildman–Crippen LogP) is 3.28. The third-order valence-corrected chi connectivity index (χ3v) is 7.02. The molecule has 2 N–H and O–H groups in total. The number of aromatic nitrogens is 1. The topological polar surface area (TPSA) is 75.6 Å². The van der Waals surface area contributed by atoms with E-state index in [2.05, 4.69) is 10.6 Å². The van der Waals surface area contributed by atoms with Crippen LogP contribution in [0.5, 0.6) is 5.75 Å². The fraction of sp³-hybridized carbons (Fsp3) is 0.409. The molecule has 1 fully saturated rings. The van der Waals surface area contributed by atoms with Crippen LogP contribution < -0.4 is 20.9 Å². The maximum absolute atomic E-state index is 12.7. The Morgan fingerprint density at radius 3 is 2.52 bits per heavy atom. The number of ether oxygens (including phenoxy) is 1. The van der Waals surface area contributed by atoms with Crippen LogP contribution in [-0.4, -0.2) is 50.6 Å². The van der Waals surface area contributed by atoms with E-state index in [-0.39, 0.29) is 17.4 Å². The molecular formula is C22H23Cl3N4O3S. The van der Waals surface area contributed by atoms with Crippen LogP contribution in [0.4, 0.5) is 0 Å². The number of piperidine rings is 1. The summed E-state index contributed by atoms with van der Waals surface area (Å²) in [6.45, 7) is 1.94. The minimum absolute atomic E-state index is 0.0221. The van der Waals surface area contributed by atoms with Gasteiger partial charge < -0.3 is 24.8 Å². The summed E-state index contributed by atoms with van der Waals surface area (Å²) < 4.78 is 5.12. The number of benzene rings is 1. The molecule has 3 atom stereocenters. The lowest BCUT2D eigenvalue weighted by molar-refractivity contribution is 0.0932. The molecule has 4 rings (SSSR count). The first-order valence-electron chi connectivity index (χ1n) is 10.4. The Bertz CT molecular complexity index is 1100. The van der Waals surface area contributed by atoms with Crippen molar-refractivity contribution in [1.29, 1.82) is 0 Å². The Labute approximate surface area is 211 Å². The number of pyridine rings is 1. The number of halogens is 3. The molecule has 11 heteroatoms. The van der Waals surface area contributed by atoms with Gasteiger partial charge in [0.05, 0.1) is 7.11 Å². The van der Waals surface area contributed by atoms with Crippen molar-refractivity contribution in [3.8, 4) is 5.75 Å². The largest absolute Gasteiger partial charge is 0.497 e. The van der Waals surface area contributed by atoms with E-state index < -0.39 is 15.9 Å². The molecule has 0 saturated carbocycles. The zero-order valence-corrected chi connectivity index (χ0v) is 20.8. The second-order valence-corrected chi connectivity index (χ2v) is 11.0. The van der Waals surface area contributed by atoms with Crippen LogP contribution in [0.2, 0.25) is 0 Å². The van der Waals surface area contributed by atoms with Gasteiger partial charge in [-0.25, -0.2) is 0 Å². The predicted molar refractivity (Wildman–Crippen MR) is 133 cm³/mol. The lowest BCUT2D eigenvalue weighted by Crippen LogP contribution is -2.60. The second kappa shape index (κ2) is 9.70. The van der Waals surface area contributed by atoms with Crippen molar-refractivity contribution in [2.75, 3.05) is 20.2 Å². The molecule has 1 amide bonds. The van der Waals surface area contributed by atoms with Crippen molar-refractivity contribution in [3.05, 3.63) is 64.1 Å². The molecule has 0 aliphatic carbocycles. The molecule has 0 radical (unpaired) electrons. The first-order valence-corrected chi connectivity index (χ1v) is 12.0. The van der Waals surface area contributed by atoms with E-state index in [0.717, 1.165) is 12.1 Å². The Hall–Kier alpha value is -2.00. The van der Waals surface area contributed by atoms with Gasteiger partial charge in [0.25, 0.3) is 11.5 Å². The van der Waals surface area contributed by atoms with E-state index in [4.69, 9.17) is 51.8 Å². The number of rotatable bonds is 4. The smallest absolute Gasteiger partial charge is 0.252 e. The summed E-state index contributed by atoms with van der Waals surface area (Å²) in [5.74, 6) is 0.652. The SMILES string of the molecule is COc1ccc(C(=O)N[C@@H](NC(=S)N2C[C@@H]3C[C@@H](C2)c2cccc(=O)n2C3)C(Cl)(Cl)Cl)cc1. The number of hydrogen-bond donors (Lipinski definition) is 2. The van der Waals surface area contributed by atoms with Crippen LogP contribution in [-0.2, 0) is 6.54 Å². The van der Waals surface area contributed by atoms with Crippen LogP contribution in [0.3, 0.4) is 0 Å². The highest BCUT2D eigenvalue weighted by atomic mass is 35.6. The molecule has 2 aliphatic rings. The zero-order chi connectivity index (χ0) is 23.8. The lowest BCUT2D eigenvalue weighted by atomic mass is 9.83. The number of methoxy groups -OCH3 is 1. The summed E-state index contributed by atoms with van der Waals surface area (Å²) in [6.07, 6.45) is -0.0636. The van der Waals surface area contributed by atoms with E-state index in [0.29, 0.717) is 36.1 Å². The molecule has 7 nitrogen and oxygen atoms in total. The van der Waals surface area contributed by atoms with E-state index in [1.165, 1.54) is 0 Å². The van der Waals surface area contributed by atoms with Crippen LogP contribution in [0, 0.1) is 5.92 Å². The lowest BCUT2D eigenvalue weighted by Gasteiger charge is -2.44. The highest BCUT2D eigenvalue weighted by Crippen LogP contribution is 2.35. The molecule has 1 saturated heterocycles. The molecule has 0 spiro atoms. The van der Waals surface area contributed by atoms with Crippen molar-refractivity contribution in [2.45, 2.75) is 28.8 Å². The average molecular weight is 530 g/mol. The third kappa shape index (κ3) is 5.40. The molecule has 0 unspecified atom stereocenters. The number of thiocarbonyl (C=S) groups is 1. The quantitative estimate of drug-likeness (QED) is 0.360. The molecule has 1 aromatic carbocycles. The van der Waals surface area contributed by atoms with Gasteiger partial charge in [-0.2, -0.15) is 0 Å². The molecule has 33 heavy (non-hydrogen) atoms. The number of nitrogens with one attached hydrogen (secondary N) is 2. The van der Waals surface area contributed by atoms with Crippen molar-refractivity contribution in [3.63, 3.8) is 0 Å². The van der Waals surface area contributed by atoms with E-state index in [1.807, 2.05) is 15.5 Å². The Kier molecular flexibility index (Phi) is 7.09. The van der Waals surface area contributed by atoms with Gasteiger partial charge >= 0.3 is 0 Å². The summed E-state index contributed by atoms with van der Waals surface area (Å²) in [5.41, 5.74) is 1.42. The maximum atomic E-state index is 12.7. The number of alkyl halides is 3. The van der Waals surface area contributed by atoms with Crippen LogP contribution >= 0.6 is 47.0 Å². The minimum atomic E-state index is -1.85. The summed E-state index contributed by atoms with van der Waals surface area (Å²) in [5, 5.41) is 6.10. The van der Waals surface area contributed by atoms with Crippen LogP contribution in [0.15, 0.2) is 47.3 Å². The number of nitrogens with zero attached hydrogens (tertiary/aromatic N) is 2. The number of carbonyl (C=O) groups excluding carboxylic acids is 1. The van der Waals surface area contributed by atoms with Gasteiger partial charge in [0.1, 0.15) is 11.9 Å². The van der Waals surface area contributed by atoms with Crippen LogP contribution in [0.1, 0.15) is 28.4 Å². The van der Waals surface area contributed by atoms with Gasteiger partial charge in [0, 0.05) is 42.9 Å². The Morgan fingerprint density at radius 2 is 1.85 bits per heavy atom. The molecule has 1 aromatic heterocycles. The molecular weight excluding hydrogens is 507 g/mol. The Morgan fingerprint density at radius 1 is 1.12 bits per heavy atom. The van der Waals surface area contributed by atoms with Crippen molar-refractivity contribution in [2.24, 2.45) is 5.92 Å². The highest BCUT2D eigenvalue weighted by molar-refractivity contribution is 7.80. The summed E-state index contributed by atoms with van der Waals surface area (Å²) >= 11 is 24.1. The summed E-state index contributed by atoms with van der Waals surface area (Å²) in [4.78, 5) is 27.0. The number of fused-ring (bicyclic) bond motifs is 4. The van der Waals surface area contributed by atoms with E-state index in [9.17, 15) is 9.59 Å². The highest BCUT2D eigenvalue weighted by Gasteiger charge is 2.39. The standard InChI is InChI=1S/C22H23Cl3N4O3S/c1-32-16-7-5-14(6-8-16)19(31)26-20(22(23,24)25)27-21(33)28-10-13-9-15(12-28)17-3-2-4-18(30)29(17)11-13/h2-8,13,15,20H,9-12H2,1H3,(H,26,31)(H,27,33)/t13-,15-,20-/m0/s1. The fourth-order valence-electron chi connectivity index (χ4n) is 4.43. The summed E-state index contributed by atoms with van der Waals surface area (Å²) in [6, 6.07) is 11.9. The van der Waals surface area contributed by atoms with Crippen molar-refractivity contribution >= 4 is 58.0 Å². The number of hydrogen-bond acceptors (Lipinski definition) is 4. The molecule has 2 bridgehead atoms. The third-order valence-electron chi connectivity index (χ3n) is 5.99. The van der Waals surface area contributed by atoms with Gasteiger partial charge in [0.2, 0.25) is 3.79 Å². The van der Waals surface area contributed by atoms with Gasteiger partial charge in [-0.05, 0) is 54.9 Å². The first kappa shape index (κ1) is 24.1. The number of carbonyl (C=O) groups is 1. The average Bonchev–Trinajstić information content (AvgIpc) is 2.78. The minimum Gasteiger partial charge on any atom is -0.497 e. The normalized spacial score (nSPS) is 20.4. The molecule has 176 valence electrons. The molecule has 2 aliphatic heterocycles. The van der Waals surface area contributed by atoms with Gasteiger partial charge in [-0.1, -0.05) is 40.9 Å². The van der Waals surface area contributed by atoms with E-state index >= 15 is 0 Å². The van der Waals surface area contributed by atoms with Crippen LogP contribution in [0.25, 0.3) is 0 Å². The van der Waals surface area contributed by atoms with E-state index in [1.54, 1.807) is 43.5 Å². The van der Waals surface area contributed by atoms with Gasteiger partial charge in [0.15, 0.2) is 5.11 Å². The number of amides is 1.